The minimum atomic E-state index is 0.682. The maximum atomic E-state index is 3.66. The van der Waals surface area contributed by atoms with Crippen molar-refractivity contribution in [3.05, 3.63) is 35.4 Å². The van der Waals surface area contributed by atoms with Crippen molar-refractivity contribution in [2.75, 3.05) is 6.54 Å². The summed E-state index contributed by atoms with van der Waals surface area (Å²) in [5.41, 5.74) is 2.91. The molecule has 1 fully saturated rings. The predicted molar refractivity (Wildman–Crippen MR) is 69.8 cm³/mol. The maximum Gasteiger partial charge on any atom is 0.0139 e. The Hall–Kier alpha value is -0.820. The first-order chi connectivity index (χ1) is 7.66. The lowest BCUT2D eigenvalue weighted by atomic mass is 9.87. The summed E-state index contributed by atoms with van der Waals surface area (Å²) in [7, 11) is 0. The van der Waals surface area contributed by atoms with E-state index >= 15 is 0 Å². The average molecular weight is 217 g/mol. The lowest BCUT2D eigenvalue weighted by Gasteiger charge is -2.22. The van der Waals surface area contributed by atoms with Crippen molar-refractivity contribution in [3.8, 4) is 0 Å². The number of hydrogen-bond donors (Lipinski definition) is 1. The van der Waals surface area contributed by atoms with Gasteiger partial charge < -0.3 is 5.32 Å². The van der Waals surface area contributed by atoms with E-state index in [1.54, 1.807) is 0 Å². The van der Waals surface area contributed by atoms with Crippen molar-refractivity contribution in [2.45, 2.75) is 45.6 Å². The van der Waals surface area contributed by atoms with Crippen LogP contribution in [0.25, 0.3) is 0 Å². The second kappa shape index (κ2) is 5.01. The Kier molecular flexibility index (Phi) is 3.65. The van der Waals surface area contributed by atoms with E-state index in [4.69, 9.17) is 0 Å². The SMILES string of the molecule is Cc1cccc(C2CCNC2CC(C)C)c1. The molecule has 0 radical (unpaired) electrons. The van der Waals surface area contributed by atoms with Crippen LogP contribution in [-0.2, 0) is 0 Å². The molecule has 1 aromatic rings. The second-order valence-corrected chi connectivity index (χ2v) is 5.50. The standard InChI is InChI=1S/C15H23N/c1-11(2)9-15-14(7-8-16-15)13-6-4-5-12(3)10-13/h4-6,10-11,14-16H,7-9H2,1-3H3. The van der Waals surface area contributed by atoms with Gasteiger partial charge in [0, 0.05) is 12.0 Å². The van der Waals surface area contributed by atoms with Crippen LogP contribution in [0.2, 0.25) is 0 Å². The highest BCUT2D eigenvalue weighted by Crippen LogP contribution is 2.31. The number of nitrogens with one attached hydrogen (secondary N) is 1. The third-order valence-electron chi connectivity index (χ3n) is 3.54. The van der Waals surface area contributed by atoms with Crippen LogP contribution in [0.4, 0.5) is 0 Å². The third-order valence-corrected chi connectivity index (χ3v) is 3.54. The van der Waals surface area contributed by atoms with E-state index < -0.39 is 0 Å². The number of aryl methyl sites for hydroxylation is 1. The zero-order valence-electron chi connectivity index (χ0n) is 10.7. The zero-order chi connectivity index (χ0) is 11.5. The predicted octanol–water partition coefficient (Wildman–Crippen LogP) is 3.49. The number of benzene rings is 1. The van der Waals surface area contributed by atoms with Gasteiger partial charge in [0.05, 0.1) is 0 Å². The molecule has 2 rings (SSSR count). The summed E-state index contributed by atoms with van der Waals surface area (Å²) in [5, 5.41) is 3.66. The van der Waals surface area contributed by atoms with Gasteiger partial charge >= 0.3 is 0 Å². The van der Waals surface area contributed by atoms with Gasteiger partial charge in [-0.25, -0.2) is 0 Å². The molecule has 1 nitrogen and oxygen atoms in total. The van der Waals surface area contributed by atoms with E-state index in [0.29, 0.717) is 6.04 Å². The summed E-state index contributed by atoms with van der Waals surface area (Å²) in [5.74, 6) is 1.50. The van der Waals surface area contributed by atoms with E-state index in [0.717, 1.165) is 11.8 Å². The van der Waals surface area contributed by atoms with Crippen LogP contribution in [0.15, 0.2) is 24.3 Å². The molecular formula is C15H23N. The highest BCUT2D eigenvalue weighted by molar-refractivity contribution is 5.27. The largest absolute Gasteiger partial charge is 0.313 e. The first kappa shape index (κ1) is 11.7. The molecule has 0 saturated carbocycles. The average Bonchev–Trinajstić information content (AvgIpc) is 2.65. The molecule has 0 aromatic heterocycles. The van der Waals surface area contributed by atoms with Gasteiger partial charge in [-0.3, -0.25) is 0 Å². The molecule has 1 heteroatoms. The molecule has 2 unspecified atom stereocenters. The lowest BCUT2D eigenvalue weighted by Crippen LogP contribution is -2.27. The topological polar surface area (TPSA) is 12.0 Å². The molecule has 16 heavy (non-hydrogen) atoms. The fourth-order valence-corrected chi connectivity index (χ4v) is 2.82. The fraction of sp³-hybridized carbons (Fsp3) is 0.600. The lowest BCUT2D eigenvalue weighted by molar-refractivity contribution is 0.434. The van der Waals surface area contributed by atoms with E-state index in [1.165, 1.54) is 30.5 Å². The van der Waals surface area contributed by atoms with Crippen molar-refractivity contribution < 1.29 is 0 Å². The molecule has 0 bridgehead atoms. The van der Waals surface area contributed by atoms with Gasteiger partial charge in [0.25, 0.3) is 0 Å². The Balaban J connectivity index is 2.13. The summed E-state index contributed by atoms with van der Waals surface area (Å²) >= 11 is 0. The minimum Gasteiger partial charge on any atom is -0.313 e. The van der Waals surface area contributed by atoms with E-state index in [-0.39, 0.29) is 0 Å². The quantitative estimate of drug-likeness (QED) is 0.817. The minimum absolute atomic E-state index is 0.682. The van der Waals surface area contributed by atoms with Gasteiger partial charge in [-0.05, 0) is 37.8 Å². The third kappa shape index (κ3) is 2.65. The normalized spacial score (nSPS) is 25.2. The van der Waals surface area contributed by atoms with Crippen LogP contribution in [-0.4, -0.2) is 12.6 Å². The van der Waals surface area contributed by atoms with E-state index in [2.05, 4.69) is 50.4 Å². The Bertz CT molecular complexity index is 343. The van der Waals surface area contributed by atoms with Gasteiger partial charge in [-0.2, -0.15) is 0 Å². The zero-order valence-corrected chi connectivity index (χ0v) is 10.7. The molecule has 2 atom stereocenters. The summed E-state index contributed by atoms with van der Waals surface area (Å²) < 4.78 is 0. The molecule has 88 valence electrons. The van der Waals surface area contributed by atoms with Crippen LogP contribution in [0.1, 0.15) is 43.7 Å². The van der Waals surface area contributed by atoms with Crippen LogP contribution in [0.5, 0.6) is 0 Å². The smallest absolute Gasteiger partial charge is 0.0139 e. The van der Waals surface area contributed by atoms with Crippen molar-refractivity contribution in [2.24, 2.45) is 5.92 Å². The highest BCUT2D eigenvalue weighted by Gasteiger charge is 2.28. The fourth-order valence-electron chi connectivity index (χ4n) is 2.82. The maximum absolute atomic E-state index is 3.66. The van der Waals surface area contributed by atoms with E-state index in [1.807, 2.05) is 0 Å². The summed E-state index contributed by atoms with van der Waals surface area (Å²) in [6, 6.07) is 9.70. The van der Waals surface area contributed by atoms with E-state index in [9.17, 15) is 0 Å². The van der Waals surface area contributed by atoms with Crippen molar-refractivity contribution in [3.63, 3.8) is 0 Å². The Labute approximate surface area is 99.3 Å². The molecule has 1 N–H and O–H groups in total. The molecule has 0 amide bonds. The van der Waals surface area contributed by atoms with Crippen molar-refractivity contribution >= 4 is 0 Å². The van der Waals surface area contributed by atoms with Gasteiger partial charge in [-0.15, -0.1) is 0 Å². The molecular weight excluding hydrogens is 194 g/mol. The second-order valence-electron chi connectivity index (χ2n) is 5.50. The van der Waals surface area contributed by atoms with Gasteiger partial charge in [-0.1, -0.05) is 43.7 Å². The van der Waals surface area contributed by atoms with Gasteiger partial charge in [0.15, 0.2) is 0 Å². The summed E-state index contributed by atoms with van der Waals surface area (Å²) in [6.07, 6.45) is 2.58. The molecule has 1 aliphatic heterocycles. The first-order valence-corrected chi connectivity index (χ1v) is 6.47. The molecule has 0 aliphatic carbocycles. The number of hydrogen-bond acceptors (Lipinski definition) is 1. The molecule has 1 heterocycles. The first-order valence-electron chi connectivity index (χ1n) is 6.47. The van der Waals surface area contributed by atoms with Crippen LogP contribution in [0, 0.1) is 12.8 Å². The molecule has 1 aromatic carbocycles. The van der Waals surface area contributed by atoms with Crippen LogP contribution < -0.4 is 5.32 Å². The molecule has 1 saturated heterocycles. The summed E-state index contributed by atoms with van der Waals surface area (Å²) in [6.45, 7) is 7.99. The van der Waals surface area contributed by atoms with Gasteiger partial charge in [0.1, 0.15) is 0 Å². The molecule has 1 aliphatic rings. The van der Waals surface area contributed by atoms with Crippen LogP contribution >= 0.6 is 0 Å². The number of rotatable bonds is 3. The van der Waals surface area contributed by atoms with Crippen molar-refractivity contribution in [1.29, 1.82) is 0 Å². The Morgan fingerprint density at radius 1 is 1.38 bits per heavy atom. The monoisotopic (exact) mass is 217 g/mol. The molecule has 0 spiro atoms. The highest BCUT2D eigenvalue weighted by atomic mass is 14.9. The van der Waals surface area contributed by atoms with Crippen molar-refractivity contribution in [1.82, 2.24) is 5.32 Å². The van der Waals surface area contributed by atoms with Gasteiger partial charge in [0.2, 0.25) is 0 Å². The van der Waals surface area contributed by atoms with Crippen LogP contribution in [0.3, 0.4) is 0 Å². The Morgan fingerprint density at radius 3 is 2.88 bits per heavy atom. The summed E-state index contributed by atoms with van der Waals surface area (Å²) in [4.78, 5) is 0. The Morgan fingerprint density at radius 2 is 2.19 bits per heavy atom.